The van der Waals surface area contributed by atoms with Crippen LogP contribution in [0.4, 0.5) is 0 Å². The molecule has 1 fully saturated rings. The Hall–Kier alpha value is -3.91. The summed E-state index contributed by atoms with van der Waals surface area (Å²) >= 11 is 0. The van der Waals surface area contributed by atoms with E-state index >= 15 is 0 Å². The number of fused-ring (bicyclic) bond motifs is 4. The minimum Gasteiger partial charge on any atom is -0.309 e. The van der Waals surface area contributed by atoms with Gasteiger partial charge >= 0.3 is 0 Å². The van der Waals surface area contributed by atoms with E-state index in [1.807, 2.05) is 0 Å². The van der Waals surface area contributed by atoms with E-state index in [0.29, 0.717) is 11.3 Å². The Labute approximate surface area is 252 Å². The number of aromatic nitrogens is 2. The van der Waals surface area contributed by atoms with Crippen molar-refractivity contribution in [1.82, 2.24) is 4.57 Å². The lowest BCUT2D eigenvalue weighted by atomic mass is 9.71. The standard InChI is InChI=1S/C40H43N2/c1-26(2)34-25-35(27(3)31-14-10-11-15-32(31)34)39-38-33-17-16-29(28-18-21-40(4,5)22-19-28)24-37(33)42(30-12-8-7-9-13-30)36(38)20-23-41(39)6/h7-17,20,23-26,28H,18-19,21-22H2,1-6H3/q+1/i28D. The molecule has 42 heavy (non-hydrogen) atoms. The van der Waals surface area contributed by atoms with Gasteiger partial charge in [-0.1, -0.05) is 82.3 Å². The zero-order chi connectivity index (χ0) is 30.1. The zero-order valence-corrected chi connectivity index (χ0v) is 26.0. The summed E-state index contributed by atoms with van der Waals surface area (Å²) in [5.41, 5.74) is 10.2. The van der Waals surface area contributed by atoms with Crippen molar-refractivity contribution in [3.8, 4) is 16.9 Å². The lowest BCUT2D eigenvalue weighted by molar-refractivity contribution is -0.659. The molecule has 2 heterocycles. The number of hydrogen-bond acceptors (Lipinski definition) is 0. The molecule has 0 amide bonds. The van der Waals surface area contributed by atoms with E-state index in [9.17, 15) is 1.37 Å². The van der Waals surface area contributed by atoms with Gasteiger partial charge in [-0.25, -0.2) is 4.57 Å². The highest BCUT2D eigenvalue weighted by Crippen LogP contribution is 2.45. The molecule has 0 N–H and O–H groups in total. The maximum absolute atomic E-state index is 9.59. The Bertz CT molecular complexity index is 2000. The topological polar surface area (TPSA) is 8.81 Å². The molecule has 6 aromatic rings. The van der Waals surface area contributed by atoms with E-state index in [4.69, 9.17) is 0 Å². The summed E-state index contributed by atoms with van der Waals surface area (Å²) in [6.45, 7) is 11.6. The molecule has 0 unspecified atom stereocenters. The number of rotatable bonds is 4. The molecule has 0 spiro atoms. The van der Waals surface area contributed by atoms with Gasteiger partial charge in [-0.2, -0.15) is 0 Å². The second-order valence-corrected chi connectivity index (χ2v) is 13.5. The zero-order valence-electron chi connectivity index (χ0n) is 27.0. The number of hydrogen-bond donors (Lipinski definition) is 0. The van der Waals surface area contributed by atoms with Crippen molar-refractivity contribution in [3.63, 3.8) is 0 Å². The van der Waals surface area contributed by atoms with Crippen molar-refractivity contribution in [2.45, 2.75) is 72.1 Å². The van der Waals surface area contributed by atoms with Crippen molar-refractivity contribution in [2.75, 3.05) is 0 Å². The average molecular weight is 553 g/mol. The molecule has 0 aliphatic heterocycles. The molecule has 4 aromatic carbocycles. The smallest absolute Gasteiger partial charge is 0.222 e. The van der Waals surface area contributed by atoms with Gasteiger partial charge in [0, 0.05) is 18.5 Å². The molecule has 7 rings (SSSR count). The molecular formula is C40H43N2+. The van der Waals surface area contributed by atoms with Crippen LogP contribution >= 0.6 is 0 Å². The first kappa shape index (κ1) is 25.8. The maximum atomic E-state index is 9.59. The van der Waals surface area contributed by atoms with Crippen LogP contribution in [-0.4, -0.2) is 4.57 Å². The normalized spacial score (nSPS) is 16.9. The first-order valence-corrected chi connectivity index (χ1v) is 15.6. The van der Waals surface area contributed by atoms with Crippen molar-refractivity contribution >= 4 is 32.6 Å². The third kappa shape index (κ3) is 4.35. The highest BCUT2D eigenvalue weighted by atomic mass is 15.0. The summed E-state index contributed by atoms with van der Waals surface area (Å²) in [6.07, 6.45) is 6.22. The Balaban J connectivity index is 1.56. The van der Waals surface area contributed by atoms with E-state index in [1.54, 1.807) is 0 Å². The average Bonchev–Trinajstić information content (AvgIpc) is 3.33. The van der Waals surface area contributed by atoms with Crippen LogP contribution in [0.25, 0.3) is 49.5 Å². The third-order valence-corrected chi connectivity index (χ3v) is 9.90. The lowest BCUT2D eigenvalue weighted by Crippen LogP contribution is -2.30. The SMILES string of the molecule is [2H]C1(c2ccc3c4c(-c5cc(C(C)C)c6ccccc6c5C)[n+](C)ccc4n(-c4ccccc4)c3c2)CCC(C)(C)CC1. The molecule has 1 aliphatic rings. The van der Waals surface area contributed by atoms with Gasteiger partial charge in [-0.05, 0) is 102 Å². The summed E-state index contributed by atoms with van der Waals surface area (Å²) in [5, 5.41) is 5.19. The van der Waals surface area contributed by atoms with Gasteiger partial charge in [0.05, 0.1) is 22.0 Å². The second kappa shape index (κ2) is 10.1. The summed E-state index contributed by atoms with van der Waals surface area (Å²) in [4.78, 5) is 0. The van der Waals surface area contributed by atoms with Crippen LogP contribution in [0.2, 0.25) is 0 Å². The third-order valence-electron chi connectivity index (χ3n) is 9.90. The number of pyridine rings is 1. The summed E-state index contributed by atoms with van der Waals surface area (Å²) < 4.78 is 14.3. The number of aryl methyl sites for hydroxylation is 2. The van der Waals surface area contributed by atoms with Crippen molar-refractivity contribution < 1.29 is 5.94 Å². The van der Waals surface area contributed by atoms with Crippen molar-refractivity contribution in [2.24, 2.45) is 12.5 Å². The maximum Gasteiger partial charge on any atom is 0.222 e. The van der Waals surface area contributed by atoms with E-state index < -0.39 is 5.89 Å². The van der Waals surface area contributed by atoms with Gasteiger partial charge in [0.15, 0.2) is 6.20 Å². The molecule has 0 saturated heterocycles. The van der Waals surface area contributed by atoms with E-state index in [-0.39, 0.29) is 0 Å². The minimum absolute atomic E-state index is 0.323. The Morgan fingerprint density at radius 2 is 1.52 bits per heavy atom. The molecule has 0 bridgehead atoms. The highest BCUT2D eigenvalue weighted by molar-refractivity contribution is 6.15. The molecule has 1 saturated carbocycles. The number of para-hydroxylation sites is 1. The van der Waals surface area contributed by atoms with E-state index in [2.05, 4.69) is 142 Å². The largest absolute Gasteiger partial charge is 0.309 e. The summed E-state index contributed by atoms with van der Waals surface area (Å²) in [6, 6.07) is 31.2. The van der Waals surface area contributed by atoms with Crippen LogP contribution in [-0.2, 0) is 7.05 Å². The monoisotopic (exact) mass is 552 g/mol. The molecule has 2 heteroatoms. The van der Waals surface area contributed by atoms with Crippen LogP contribution in [0.1, 0.15) is 83.3 Å². The number of nitrogens with zero attached hydrogens (tertiary/aromatic N) is 2. The summed E-state index contributed by atoms with van der Waals surface area (Å²) in [5.74, 6) is -0.133. The fourth-order valence-electron chi connectivity index (χ4n) is 7.34. The number of benzene rings is 4. The van der Waals surface area contributed by atoms with Crippen LogP contribution < -0.4 is 4.57 Å². The Morgan fingerprint density at radius 3 is 2.24 bits per heavy atom. The van der Waals surface area contributed by atoms with E-state index in [1.165, 1.54) is 55.0 Å². The van der Waals surface area contributed by atoms with Gasteiger partial charge in [0.2, 0.25) is 5.69 Å². The van der Waals surface area contributed by atoms with Crippen LogP contribution in [0.3, 0.4) is 0 Å². The molecule has 0 radical (unpaired) electrons. The molecule has 212 valence electrons. The molecule has 0 atom stereocenters. The molecule has 2 nitrogen and oxygen atoms in total. The summed E-state index contributed by atoms with van der Waals surface area (Å²) in [7, 11) is 2.18. The van der Waals surface area contributed by atoms with Crippen LogP contribution in [0.5, 0.6) is 0 Å². The van der Waals surface area contributed by atoms with Gasteiger partial charge < -0.3 is 4.57 Å². The van der Waals surface area contributed by atoms with Gasteiger partial charge in [0.1, 0.15) is 7.05 Å². The van der Waals surface area contributed by atoms with E-state index in [0.717, 1.165) is 36.9 Å². The lowest BCUT2D eigenvalue weighted by Gasteiger charge is -2.34. The fourth-order valence-corrected chi connectivity index (χ4v) is 7.34. The quantitative estimate of drug-likeness (QED) is 0.192. The first-order chi connectivity index (χ1) is 20.6. The highest BCUT2D eigenvalue weighted by Gasteiger charge is 2.29. The minimum atomic E-state index is -0.545. The molecule has 2 aromatic heterocycles. The second-order valence-electron chi connectivity index (χ2n) is 13.5. The Morgan fingerprint density at radius 1 is 0.833 bits per heavy atom. The fraction of sp³-hybridized carbons (Fsp3) is 0.325. The first-order valence-electron chi connectivity index (χ1n) is 16.1. The van der Waals surface area contributed by atoms with Crippen LogP contribution in [0.15, 0.2) is 91.1 Å². The van der Waals surface area contributed by atoms with Crippen LogP contribution in [0, 0.1) is 12.3 Å². The van der Waals surface area contributed by atoms with Gasteiger partial charge in [-0.3, -0.25) is 0 Å². The predicted molar refractivity (Wildman–Crippen MR) is 179 cm³/mol. The van der Waals surface area contributed by atoms with Gasteiger partial charge in [-0.15, -0.1) is 0 Å². The molecule has 1 aliphatic carbocycles. The Kier molecular flexibility index (Phi) is 6.21. The van der Waals surface area contributed by atoms with Crippen molar-refractivity contribution in [1.29, 1.82) is 0 Å². The molecular weight excluding hydrogens is 508 g/mol. The van der Waals surface area contributed by atoms with Gasteiger partial charge in [0.25, 0.3) is 0 Å². The van der Waals surface area contributed by atoms with Crippen molar-refractivity contribution in [3.05, 3.63) is 108 Å². The predicted octanol–water partition coefficient (Wildman–Crippen LogP) is 10.5.